The van der Waals surface area contributed by atoms with E-state index in [1.54, 1.807) is 19.5 Å². The molecule has 0 saturated carbocycles. The Labute approximate surface area is 94.1 Å². The Morgan fingerprint density at radius 3 is 2.62 bits per heavy atom. The van der Waals surface area contributed by atoms with Crippen LogP contribution in [0, 0.1) is 0 Å². The van der Waals surface area contributed by atoms with Gasteiger partial charge >= 0.3 is 0 Å². The highest BCUT2D eigenvalue weighted by molar-refractivity contribution is 5.66. The van der Waals surface area contributed by atoms with E-state index >= 15 is 0 Å². The molecule has 0 aliphatic heterocycles. The van der Waals surface area contributed by atoms with Crippen LogP contribution in [0.15, 0.2) is 36.9 Å². The third-order valence-electron chi connectivity index (χ3n) is 2.40. The number of nitrogens with two attached hydrogens (primary N) is 1. The van der Waals surface area contributed by atoms with Gasteiger partial charge in [-0.25, -0.2) is 9.97 Å². The van der Waals surface area contributed by atoms with Crippen LogP contribution in [0.2, 0.25) is 0 Å². The molecule has 2 aromatic rings. The van der Waals surface area contributed by atoms with Gasteiger partial charge in [-0.05, 0) is 23.3 Å². The molecule has 2 N–H and O–H groups in total. The number of nitrogens with zero attached hydrogens (tertiary/aromatic N) is 2. The first-order valence-corrected chi connectivity index (χ1v) is 4.97. The van der Waals surface area contributed by atoms with Crippen molar-refractivity contribution in [3.63, 3.8) is 0 Å². The van der Waals surface area contributed by atoms with Gasteiger partial charge in [-0.1, -0.05) is 6.07 Å². The van der Waals surface area contributed by atoms with Gasteiger partial charge in [0, 0.05) is 24.5 Å². The number of methoxy groups -OCH3 is 1. The summed E-state index contributed by atoms with van der Waals surface area (Å²) in [6, 6.07) is 5.81. The monoisotopic (exact) mass is 215 g/mol. The molecule has 1 aromatic carbocycles. The van der Waals surface area contributed by atoms with Crippen LogP contribution in [0.25, 0.3) is 11.1 Å². The normalized spacial score (nSPS) is 10.1. The zero-order valence-corrected chi connectivity index (χ0v) is 9.05. The molecule has 0 saturated heterocycles. The van der Waals surface area contributed by atoms with Crippen LogP contribution in [0.5, 0.6) is 5.75 Å². The van der Waals surface area contributed by atoms with Gasteiger partial charge in [0.15, 0.2) is 0 Å². The average Bonchev–Trinajstić information content (AvgIpc) is 2.39. The fourth-order valence-electron chi connectivity index (χ4n) is 1.59. The number of rotatable bonds is 3. The average molecular weight is 215 g/mol. The zero-order chi connectivity index (χ0) is 11.4. The van der Waals surface area contributed by atoms with Crippen molar-refractivity contribution in [2.24, 2.45) is 5.73 Å². The first kappa shape index (κ1) is 10.6. The molecule has 0 radical (unpaired) electrons. The summed E-state index contributed by atoms with van der Waals surface area (Å²) < 4.78 is 5.16. The Morgan fingerprint density at radius 1 is 1.25 bits per heavy atom. The summed E-state index contributed by atoms with van der Waals surface area (Å²) in [6.45, 7) is 0.460. The Hall–Kier alpha value is -1.94. The standard InChI is InChI=1S/C12H13N3O/c1-16-11-2-3-12(9(4-11)5-13)10-6-14-8-15-7-10/h2-4,6-8H,5,13H2,1H3. The molecule has 0 fully saturated rings. The summed E-state index contributed by atoms with van der Waals surface area (Å²) in [5.41, 5.74) is 8.75. The van der Waals surface area contributed by atoms with Crippen LogP contribution in [-0.2, 0) is 6.54 Å². The Kier molecular flexibility index (Phi) is 3.12. The first-order chi connectivity index (χ1) is 7.85. The van der Waals surface area contributed by atoms with Gasteiger partial charge < -0.3 is 10.5 Å². The van der Waals surface area contributed by atoms with E-state index in [0.717, 1.165) is 22.4 Å². The Bertz CT molecular complexity index is 471. The molecule has 0 aliphatic rings. The van der Waals surface area contributed by atoms with Crippen LogP contribution in [-0.4, -0.2) is 17.1 Å². The van der Waals surface area contributed by atoms with E-state index in [-0.39, 0.29) is 0 Å². The summed E-state index contributed by atoms with van der Waals surface area (Å²) in [5.74, 6) is 0.807. The molecular weight excluding hydrogens is 202 g/mol. The number of benzene rings is 1. The maximum absolute atomic E-state index is 5.72. The smallest absolute Gasteiger partial charge is 0.119 e. The number of hydrogen-bond donors (Lipinski definition) is 1. The number of aromatic nitrogens is 2. The van der Waals surface area contributed by atoms with Crippen molar-refractivity contribution in [1.82, 2.24) is 9.97 Å². The molecule has 0 spiro atoms. The Morgan fingerprint density at radius 2 is 2.00 bits per heavy atom. The quantitative estimate of drug-likeness (QED) is 0.845. The van der Waals surface area contributed by atoms with Crippen molar-refractivity contribution < 1.29 is 4.74 Å². The van der Waals surface area contributed by atoms with E-state index in [9.17, 15) is 0 Å². The summed E-state index contributed by atoms with van der Waals surface area (Å²) in [5, 5.41) is 0. The summed E-state index contributed by atoms with van der Waals surface area (Å²) in [7, 11) is 1.64. The van der Waals surface area contributed by atoms with E-state index in [4.69, 9.17) is 10.5 Å². The van der Waals surface area contributed by atoms with E-state index in [1.807, 2.05) is 18.2 Å². The third kappa shape index (κ3) is 2.01. The minimum Gasteiger partial charge on any atom is -0.497 e. The SMILES string of the molecule is COc1ccc(-c2cncnc2)c(CN)c1. The molecule has 2 rings (SSSR count). The van der Waals surface area contributed by atoms with Gasteiger partial charge in [0.25, 0.3) is 0 Å². The number of hydrogen-bond acceptors (Lipinski definition) is 4. The van der Waals surface area contributed by atoms with Crippen LogP contribution >= 0.6 is 0 Å². The Balaban J connectivity index is 2.49. The molecule has 82 valence electrons. The van der Waals surface area contributed by atoms with Gasteiger partial charge in [0.1, 0.15) is 12.1 Å². The van der Waals surface area contributed by atoms with Gasteiger partial charge in [0.05, 0.1) is 7.11 Å². The van der Waals surface area contributed by atoms with E-state index in [0.29, 0.717) is 6.54 Å². The molecule has 1 heterocycles. The molecule has 0 amide bonds. The second-order valence-corrected chi connectivity index (χ2v) is 3.35. The highest BCUT2D eigenvalue weighted by Gasteiger charge is 2.05. The molecule has 4 nitrogen and oxygen atoms in total. The predicted molar refractivity (Wildman–Crippen MR) is 61.9 cm³/mol. The van der Waals surface area contributed by atoms with Crippen LogP contribution < -0.4 is 10.5 Å². The van der Waals surface area contributed by atoms with Gasteiger partial charge in [0.2, 0.25) is 0 Å². The van der Waals surface area contributed by atoms with Crippen molar-refractivity contribution in [2.45, 2.75) is 6.54 Å². The third-order valence-corrected chi connectivity index (χ3v) is 2.40. The molecule has 4 heteroatoms. The second-order valence-electron chi connectivity index (χ2n) is 3.35. The van der Waals surface area contributed by atoms with Gasteiger partial charge in [-0.15, -0.1) is 0 Å². The molecule has 0 unspecified atom stereocenters. The maximum atomic E-state index is 5.72. The fourth-order valence-corrected chi connectivity index (χ4v) is 1.59. The van der Waals surface area contributed by atoms with Crippen molar-refractivity contribution in [2.75, 3.05) is 7.11 Å². The molecule has 0 aliphatic carbocycles. The van der Waals surface area contributed by atoms with Crippen molar-refractivity contribution in [1.29, 1.82) is 0 Å². The first-order valence-electron chi connectivity index (χ1n) is 4.97. The highest BCUT2D eigenvalue weighted by Crippen LogP contribution is 2.25. The molecule has 0 atom stereocenters. The lowest BCUT2D eigenvalue weighted by molar-refractivity contribution is 0.414. The van der Waals surface area contributed by atoms with Gasteiger partial charge in [-0.3, -0.25) is 0 Å². The predicted octanol–water partition coefficient (Wildman–Crippen LogP) is 1.61. The zero-order valence-electron chi connectivity index (χ0n) is 9.05. The van der Waals surface area contributed by atoms with Crippen LogP contribution in [0.4, 0.5) is 0 Å². The van der Waals surface area contributed by atoms with E-state index < -0.39 is 0 Å². The highest BCUT2D eigenvalue weighted by atomic mass is 16.5. The lowest BCUT2D eigenvalue weighted by Gasteiger charge is -2.09. The van der Waals surface area contributed by atoms with Crippen molar-refractivity contribution >= 4 is 0 Å². The summed E-state index contributed by atoms with van der Waals surface area (Å²) in [6.07, 6.45) is 5.05. The topological polar surface area (TPSA) is 61.0 Å². The van der Waals surface area contributed by atoms with Crippen LogP contribution in [0.3, 0.4) is 0 Å². The molecular formula is C12H13N3O. The minimum absolute atomic E-state index is 0.460. The number of ether oxygens (including phenoxy) is 1. The minimum atomic E-state index is 0.460. The molecule has 0 bridgehead atoms. The lowest BCUT2D eigenvalue weighted by atomic mass is 10.0. The van der Waals surface area contributed by atoms with Crippen molar-refractivity contribution in [3.8, 4) is 16.9 Å². The fraction of sp³-hybridized carbons (Fsp3) is 0.167. The summed E-state index contributed by atoms with van der Waals surface area (Å²) >= 11 is 0. The lowest BCUT2D eigenvalue weighted by Crippen LogP contribution is -2.00. The second kappa shape index (κ2) is 4.72. The van der Waals surface area contributed by atoms with E-state index in [2.05, 4.69) is 9.97 Å². The molecule has 16 heavy (non-hydrogen) atoms. The van der Waals surface area contributed by atoms with Crippen LogP contribution in [0.1, 0.15) is 5.56 Å². The largest absolute Gasteiger partial charge is 0.497 e. The molecule has 1 aromatic heterocycles. The van der Waals surface area contributed by atoms with E-state index in [1.165, 1.54) is 6.33 Å². The maximum Gasteiger partial charge on any atom is 0.119 e. The van der Waals surface area contributed by atoms with Gasteiger partial charge in [-0.2, -0.15) is 0 Å². The summed E-state index contributed by atoms with van der Waals surface area (Å²) in [4.78, 5) is 7.99. The van der Waals surface area contributed by atoms with Crippen molar-refractivity contribution in [3.05, 3.63) is 42.5 Å².